The second-order valence-corrected chi connectivity index (χ2v) is 15.1. The molecule has 3 nitrogen and oxygen atoms in total. The van der Waals surface area contributed by atoms with Gasteiger partial charge < -0.3 is 9.84 Å². The van der Waals surface area contributed by atoms with Crippen LogP contribution in [0, 0.1) is 0 Å². The molecule has 1 N–H and O–H groups in total. The van der Waals surface area contributed by atoms with E-state index in [1.165, 1.54) is 112 Å². The van der Waals surface area contributed by atoms with E-state index in [2.05, 4.69) is 60.6 Å². The highest BCUT2D eigenvalue weighted by Crippen LogP contribution is 2.40. The smallest absolute Gasteiger partial charge is 0.306 e. The molecule has 0 saturated carbocycles. The topological polar surface area (TPSA) is 46.5 Å². The number of aromatic hydroxyl groups is 1. The summed E-state index contributed by atoms with van der Waals surface area (Å²) in [6.07, 6.45) is 22.4. The van der Waals surface area contributed by atoms with Crippen LogP contribution in [0.2, 0.25) is 0 Å². The summed E-state index contributed by atoms with van der Waals surface area (Å²) in [4.78, 5) is 12.8. The number of hydrogen-bond acceptors (Lipinski definition) is 3. The minimum Gasteiger partial charge on any atom is -0.508 e. The van der Waals surface area contributed by atoms with Crippen LogP contribution in [0.4, 0.5) is 0 Å². The Morgan fingerprint density at radius 2 is 1.14 bits per heavy atom. The number of carbonyl (C=O) groups excluding carboxylic acids is 1. The van der Waals surface area contributed by atoms with Gasteiger partial charge >= 0.3 is 5.97 Å². The summed E-state index contributed by atoms with van der Waals surface area (Å²) in [7, 11) is 0. The minimum atomic E-state index is -0.110. The van der Waals surface area contributed by atoms with Crippen LogP contribution in [0.25, 0.3) is 11.1 Å². The van der Waals surface area contributed by atoms with Crippen molar-refractivity contribution in [1.29, 1.82) is 0 Å². The predicted octanol–water partition coefficient (Wildman–Crippen LogP) is 12.4. The molecule has 2 aromatic carbocycles. The van der Waals surface area contributed by atoms with E-state index in [1.807, 2.05) is 12.1 Å². The molecule has 2 rings (SSSR count). The maximum atomic E-state index is 12.8. The Labute approximate surface area is 271 Å². The largest absolute Gasteiger partial charge is 0.508 e. The Morgan fingerprint density at radius 3 is 1.59 bits per heavy atom. The minimum absolute atomic E-state index is 0.00398. The number of unbranched alkanes of at least 4 members (excludes halogenated alkanes) is 15. The van der Waals surface area contributed by atoms with Gasteiger partial charge in [0.15, 0.2) is 0 Å². The molecule has 0 unspecified atom stereocenters. The van der Waals surface area contributed by atoms with E-state index >= 15 is 0 Å². The standard InChI is InChI=1S/C41H66O3/c1-8-9-10-11-12-13-14-15-16-17-18-19-20-21-22-23-30-44-38(43)29-26-34-31-35(40(2,3)4)32-37(41(5,6)7)39(34)33-24-27-36(42)28-25-33/h24-25,27-28,31-32,42H,8-23,26,29-30H2,1-7H3. The molecule has 0 aliphatic carbocycles. The van der Waals surface area contributed by atoms with Crippen LogP contribution < -0.4 is 0 Å². The Morgan fingerprint density at radius 1 is 0.659 bits per heavy atom. The molecule has 3 heteroatoms. The zero-order valence-corrected chi connectivity index (χ0v) is 29.7. The molecule has 0 radical (unpaired) electrons. The van der Waals surface area contributed by atoms with Crippen molar-refractivity contribution in [3.63, 3.8) is 0 Å². The molecule has 0 spiro atoms. The second-order valence-electron chi connectivity index (χ2n) is 15.1. The number of rotatable bonds is 21. The monoisotopic (exact) mass is 607 g/mol. The molecule has 2 aromatic rings. The highest BCUT2D eigenvalue weighted by molar-refractivity contribution is 5.75. The fourth-order valence-electron chi connectivity index (χ4n) is 6.04. The van der Waals surface area contributed by atoms with Gasteiger partial charge in [0.25, 0.3) is 0 Å². The molecule has 0 heterocycles. The lowest BCUT2D eigenvalue weighted by Gasteiger charge is -2.30. The van der Waals surface area contributed by atoms with Crippen molar-refractivity contribution in [2.24, 2.45) is 0 Å². The average molecular weight is 607 g/mol. The molecule has 248 valence electrons. The summed E-state index contributed by atoms with van der Waals surface area (Å²) >= 11 is 0. The number of aryl methyl sites for hydroxylation is 1. The first kappa shape index (κ1) is 37.9. The predicted molar refractivity (Wildman–Crippen MR) is 190 cm³/mol. The van der Waals surface area contributed by atoms with Crippen molar-refractivity contribution in [3.05, 3.63) is 53.1 Å². The summed E-state index contributed by atoms with van der Waals surface area (Å²) in [6, 6.07) is 12.1. The third kappa shape index (κ3) is 14.7. The van der Waals surface area contributed by atoms with Crippen molar-refractivity contribution in [3.8, 4) is 16.9 Å². The van der Waals surface area contributed by atoms with Gasteiger partial charge in [-0.3, -0.25) is 4.79 Å². The number of phenols is 1. The Balaban J connectivity index is 1.74. The molecule has 0 bridgehead atoms. The molecule has 0 aromatic heterocycles. The van der Waals surface area contributed by atoms with Crippen LogP contribution in [0.3, 0.4) is 0 Å². The summed E-state index contributed by atoms with van der Waals surface area (Å²) in [5.41, 5.74) is 5.90. The summed E-state index contributed by atoms with van der Waals surface area (Å²) < 4.78 is 5.67. The summed E-state index contributed by atoms with van der Waals surface area (Å²) in [5.74, 6) is 0.151. The molecule has 0 saturated heterocycles. The lowest BCUT2D eigenvalue weighted by atomic mass is 9.75. The number of esters is 1. The van der Waals surface area contributed by atoms with Gasteiger partial charge in [-0.25, -0.2) is 0 Å². The first-order chi connectivity index (χ1) is 20.9. The van der Waals surface area contributed by atoms with E-state index in [9.17, 15) is 9.90 Å². The van der Waals surface area contributed by atoms with Gasteiger partial charge in [-0.2, -0.15) is 0 Å². The maximum Gasteiger partial charge on any atom is 0.306 e. The molecular formula is C41H66O3. The first-order valence-corrected chi connectivity index (χ1v) is 18.1. The number of benzene rings is 2. The van der Waals surface area contributed by atoms with Crippen LogP contribution in [0.5, 0.6) is 5.75 Å². The quantitative estimate of drug-likeness (QED) is 0.114. The molecule has 0 aliphatic rings. The van der Waals surface area contributed by atoms with E-state index in [0.29, 0.717) is 19.4 Å². The van der Waals surface area contributed by atoms with Crippen molar-refractivity contribution >= 4 is 5.97 Å². The van der Waals surface area contributed by atoms with Gasteiger partial charge in [0.05, 0.1) is 6.61 Å². The number of carbonyl (C=O) groups is 1. The van der Waals surface area contributed by atoms with Gasteiger partial charge in [0.1, 0.15) is 5.75 Å². The Kier molecular flexibility index (Phi) is 17.2. The van der Waals surface area contributed by atoms with Crippen LogP contribution in [-0.4, -0.2) is 17.7 Å². The lowest BCUT2D eigenvalue weighted by Crippen LogP contribution is -2.19. The van der Waals surface area contributed by atoms with E-state index < -0.39 is 0 Å². The molecule has 0 fully saturated rings. The molecular weight excluding hydrogens is 540 g/mol. The van der Waals surface area contributed by atoms with Crippen LogP contribution in [0.1, 0.15) is 174 Å². The Hall–Kier alpha value is -2.29. The second kappa shape index (κ2) is 20.0. The van der Waals surface area contributed by atoms with Gasteiger partial charge in [-0.05, 0) is 63.6 Å². The van der Waals surface area contributed by atoms with Gasteiger partial charge in [-0.15, -0.1) is 0 Å². The average Bonchev–Trinajstić information content (AvgIpc) is 2.96. The van der Waals surface area contributed by atoms with Crippen LogP contribution >= 0.6 is 0 Å². The van der Waals surface area contributed by atoms with Crippen LogP contribution in [0.15, 0.2) is 36.4 Å². The van der Waals surface area contributed by atoms with E-state index in [-0.39, 0.29) is 22.5 Å². The first-order valence-electron chi connectivity index (χ1n) is 18.1. The molecule has 0 atom stereocenters. The Bertz CT molecular complexity index is 1070. The fourth-order valence-corrected chi connectivity index (χ4v) is 6.04. The number of phenolic OH excluding ortho intramolecular Hbond substituents is 1. The molecule has 0 aliphatic heterocycles. The number of hydrogen-bond donors (Lipinski definition) is 1. The van der Waals surface area contributed by atoms with Crippen molar-refractivity contribution in [2.75, 3.05) is 6.61 Å². The van der Waals surface area contributed by atoms with E-state index in [1.54, 1.807) is 12.1 Å². The van der Waals surface area contributed by atoms with Crippen LogP contribution in [-0.2, 0) is 26.8 Å². The maximum absolute atomic E-state index is 12.8. The van der Waals surface area contributed by atoms with Crippen molar-refractivity contribution in [2.45, 2.75) is 175 Å². The SMILES string of the molecule is CCCCCCCCCCCCCCCCCCOC(=O)CCc1cc(C(C)(C)C)cc(C(C)(C)C)c1-c1ccc(O)cc1. The fraction of sp³-hybridized carbons (Fsp3) is 0.683. The normalized spacial score (nSPS) is 12.1. The molecule has 44 heavy (non-hydrogen) atoms. The molecule has 0 amide bonds. The lowest BCUT2D eigenvalue weighted by molar-refractivity contribution is -0.143. The van der Waals surface area contributed by atoms with Gasteiger partial charge in [0.2, 0.25) is 0 Å². The summed E-state index contributed by atoms with van der Waals surface area (Å²) in [6.45, 7) is 16.3. The van der Waals surface area contributed by atoms with E-state index in [0.717, 1.165) is 18.4 Å². The van der Waals surface area contributed by atoms with Gasteiger partial charge in [0, 0.05) is 6.42 Å². The van der Waals surface area contributed by atoms with E-state index in [4.69, 9.17) is 4.74 Å². The zero-order valence-electron chi connectivity index (χ0n) is 29.7. The van der Waals surface area contributed by atoms with Gasteiger partial charge in [-0.1, -0.05) is 169 Å². The number of ether oxygens (including phenoxy) is 1. The third-order valence-electron chi connectivity index (χ3n) is 8.91. The van der Waals surface area contributed by atoms with Crippen molar-refractivity contribution in [1.82, 2.24) is 0 Å². The zero-order chi connectivity index (χ0) is 32.4. The summed E-state index contributed by atoms with van der Waals surface area (Å²) in [5, 5.41) is 9.91. The third-order valence-corrected chi connectivity index (χ3v) is 8.91. The highest BCUT2D eigenvalue weighted by atomic mass is 16.5. The van der Waals surface area contributed by atoms with Crippen molar-refractivity contribution < 1.29 is 14.6 Å². The highest BCUT2D eigenvalue weighted by Gasteiger charge is 2.26.